The van der Waals surface area contributed by atoms with Gasteiger partial charge >= 0.3 is 0 Å². The molecule has 0 aliphatic carbocycles. The monoisotopic (exact) mass is 306 g/mol. The zero-order valence-electron chi connectivity index (χ0n) is 13.4. The first kappa shape index (κ1) is 16.8. The van der Waals surface area contributed by atoms with E-state index in [2.05, 4.69) is 4.90 Å². The number of likely N-dealkylation sites (tertiary alicyclic amines) is 1. The van der Waals surface area contributed by atoms with Crippen LogP contribution in [0.4, 0.5) is 0 Å². The first-order valence-corrected chi connectivity index (χ1v) is 7.88. The number of nitrogens with zero attached hydrogens (tertiary/aromatic N) is 2. The van der Waals surface area contributed by atoms with Crippen LogP contribution in [0.3, 0.4) is 0 Å². The van der Waals surface area contributed by atoms with Crippen molar-refractivity contribution in [2.45, 2.75) is 31.9 Å². The molecule has 0 saturated carbocycles. The Kier molecular flexibility index (Phi) is 6.21. The number of amides is 1. The SMILES string of the molecule is CC(=O)N(C)C1CCN(CC(O)COc2ccccc2)CC1. The Morgan fingerprint density at radius 3 is 2.59 bits per heavy atom. The standard InChI is InChI=1S/C17H26N2O3/c1-14(20)18(2)15-8-10-19(11-9-15)12-16(21)13-22-17-6-4-3-5-7-17/h3-7,15-16,21H,8-13H2,1-2H3. The molecule has 5 nitrogen and oxygen atoms in total. The molecule has 0 radical (unpaired) electrons. The molecule has 0 spiro atoms. The van der Waals surface area contributed by atoms with Crippen molar-refractivity contribution in [3.05, 3.63) is 30.3 Å². The molecule has 0 aromatic heterocycles. The lowest BCUT2D eigenvalue weighted by Gasteiger charge is -2.37. The molecular weight excluding hydrogens is 280 g/mol. The van der Waals surface area contributed by atoms with Gasteiger partial charge in [0.1, 0.15) is 18.5 Å². The molecule has 0 bridgehead atoms. The molecule has 1 amide bonds. The van der Waals surface area contributed by atoms with Crippen LogP contribution in [0.1, 0.15) is 19.8 Å². The zero-order chi connectivity index (χ0) is 15.9. The summed E-state index contributed by atoms with van der Waals surface area (Å²) in [4.78, 5) is 15.4. The number of aliphatic hydroxyl groups excluding tert-OH is 1. The lowest BCUT2D eigenvalue weighted by molar-refractivity contribution is -0.130. The summed E-state index contributed by atoms with van der Waals surface area (Å²) >= 11 is 0. The van der Waals surface area contributed by atoms with E-state index < -0.39 is 6.10 Å². The van der Waals surface area contributed by atoms with Gasteiger partial charge in [0, 0.05) is 39.6 Å². The summed E-state index contributed by atoms with van der Waals surface area (Å²) in [6.07, 6.45) is 1.42. The lowest BCUT2D eigenvalue weighted by atomic mass is 10.0. The van der Waals surface area contributed by atoms with Gasteiger partial charge in [-0.15, -0.1) is 0 Å². The van der Waals surface area contributed by atoms with E-state index >= 15 is 0 Å². The molecule has 1 N–H and O–H groups in total. The fraction of sp³-hybridized carbons (Fsp3) is 0.588. The molecule has 1 aliphatic rings. The van der Waals surface area contributed by atoms with Crippen LogP contribution in [0.2, 0.25) is 0 Å². The van der Waals surface area contributed by atoms with Crippen molar-refractivity contribution in [2.24, 2.45) is 0 Å². The molecule has 1 unspecified atom stereocenters. The number of carbonyl (C=O) groups is 1. The van der Waals surface area contributed by atoms with Gasteiger partial charge in [0.05, 0.1) is 0 Å². The third kappa shape index (κ3) is 5.00. The number of carbonyl (C=O) groups excluding carboxylic acids is 1. The van der Waals surface area contributed by atoms with Gasteiger partial charge in [-0.05, 0) is 25.0 Å². The Hall–Kier alpha value is -1.59. The van der Waals surface area contributed by atoms with Crippen molar-refractivity contribution in [3.8, 4) is 5.75 Å². The van der Waals surface area contributed by atoms with Gasteiger partial charge in [-0.25, -0.2) is 0 Å². The first-order chi connectivity index (χ1) is 10.6. The van der Waals surface area contributed by atoms with Gasteiger partial charge < -0.3 is 19.6 Å². The summed E-state index contributed by atoms with van der Waals surface area (Å²) in [6, 6.07) is 9.86. The van der Waals surface area contributed by atoms with E-state index in [1.54, 1.807) is 6.92 Å². The van der Waals surface area contributed by atoms with Crippen molar-refractivity contribution in [1.29, 1.82) is 0 Å². The van der Waals surface area contributed by atoms with Crippen molar-refractivity contribution in [1.82, 2.24) is 9.80 Å². The minimum absolute atomic E-state index is 0.120. The maximum atomic E-state index is 11.4. The summed E-state index contributed by atoms with van der Waals surface area (Å²) in [7, 11) is 1.87. The third-order valence-corrected chi connectivity index (χ3v) is 4.26. The zero-order valence-corrected chi connectivity index (χ0v) is 13.4. The van der Waals surface area contributed by atoms with E-state index in [0.29, 0.717) is 19.2 Å². The summed E-state index contributed by atoms with van der Waals surface area (Å²) in [5, 5.41) is 10.1. The molecule has 1 aliphatic heterocycles. The first-order valence-electron chi connectivity index (χ1n) is 7.88. The third-order valence-electron chi connectivity index (χ3n) is 4.26. The van der Waals surface area contributed by atoms with Crippen LogP contribution in [0, 0.1) is 0 Å². The molecule has 1 aromatic carbocycles. The Morgan fingerprint density at radius 1 is 1.36 bits per heavy atom. The average molecular weight is 306 g/mol. The van der Waals surface area contributed by atoms with Crippen LogP contribution < -0.4 is 4.74 Å². The predicted molar refractivity (Wildman–Crippen MR) is 85.8 cm³/mol. The number of benzene rings is 1. The number of hydrogen-bond acceptors (Lipinski definition) is 4. The summed E-state index contributed by atoms with van der Waals surface area (Å²) < 4.78 is 5.57. The van der Waals surface area contributed by atoms with Crippen molar-refractivity contribution < 1.29 is 14.6 Å². The van der Waals surface area contributed by atoms with Crippen LogP contribution in [0.15, 0.2) is 30.3 Å². The Balaban J connectivity index is 1.68. The fourth-order valence-corrected chi connectivity index (χ4v) is 2.81. The highest BCUT2D eigenvalue weighted by Gasteiger charge is 2.24. The van der Waals surface area contributed by atoms with Gasteiger partial charge in [-0.2, -0.15) is 0 Å². The summed E-state index contributed by atoms with van der Waals surface area (Å²) in [6.45, 7) is 4.34. The number of β-amino-alcohol motifs (C(OH)–C–C–N with tert-alkyl or cyclic N) is 1. The highest BCUT2D eigenvalue weighted by atomic mass is 16.5. The van der Waals surface area contributed by atoms with Gasteiger partial charge in [-0.1, -0.05) is 18.2 Å². The van der Waals surface area contributed by atoms with Crippen molar-refractivity contribution in [2.75, 3.05) is 33.3 Å². The number of rotatable bonds is 6. The number of para-hydroxylation sites is 1. The van der Waals surface area contributed by atoms with Crippen LogP contribution in [0.25, 0.3) is 0 Å². The maximum absolute atomic E-state index is 11.4. The molecule has 1 atom stereocenters. The van der Waals surface area contributed by atoms with E-state index in [9.17, 15) is 9.90 Å². The largest absolute Gasteiger partial charge is 0.491 e. The molecule has 1 fully saturated rings. The van der Waals surface area contributed by atoms with Gasteiger partial charge in [0.15, 0.2) is 0 Å². The van der Waals surface area contributed by atoms with Crippen molar-refractivity contribution in [3.63, 3.8) is 0 Å². The van der Waals surface area contributed by atoms with E-state index in [1.807, 2.05) is 42.3 Å². The Bertz CT molecular complexity index is 458. The molecule has 5 heteroatoms. The van der Waals surface area contributed by atoms with Crippen molar-refractivity contribution >= 4 is 5.91 Å². The minimum Gasteiger partial charge on any atom is -0.491 e. The van der Waals surface area contributed by atoms with Gasteiger partial charge in [0.25, 0.3) is 0 Å². The molecular formula is C17H26N2O3. The number of ether oxygens (including phenoxy) is 1. The van der Waals surface area contributed by atoms with E-state index in [4.69, 9.17) is 4.74 Å². The van der Waals surface area contributed by atoms with E-state index in [0.717, 1.165) is 31.7 Å². The molecule has 2 rings (SSSR count). The highest BCUT2D eigenvalue weighted by Crippen LogP contribution is 2.16. The van der Waals surface area contributed by atoms with E-state index in [1.165, 1.54) is 0 Å². The topological polar surface area (TPSA) is 53.0 Å². The number of hydrogen-bond donors (Lipinski definition) is 1. The predicted octanol–water partition coefficient (Wildman–Crippen LogP) is 1.37. The number of aliphatic hydroxyl groups is 1. The fourth-order valence-electron chi connectivity index (χ4n) is 2.81. The molecule has 122 valence electrons. The summed E-state index contributed by atoms with van der Waals surface area (Å²) in [5.41, 5.74) is 0. The van der Waals surface area contributed by atoms with Gasteiger partial charge in [-0.3, -0.25) is 4.79 Å². The van der Waals surface area contributed by atoms with Crippen LogP contribution in [0.5, 0.6) is 5.75 Å². The average Bonchev–Trinajstić information content (AvgIpc) is 2.54. The quantitative estimate of drug-likeness (QED) is 0.862. The van der Waals surface area contributed by atoms with Crippen LogP contribution >= 0.6 is 0 Å². The Morgan fingerprint density at radius 2 is 2.00 bits per heavy atom. The minimum atomic E-state index is -0.498. The lowest BCUT2D eigenvalue weighted by Crippen LogP contribution is -2.47. The van der Waals surface area contributed by atoms with Crippen LogP contribution in [-0.4, -0.2) is 66.2 Å². The maximum Gasteiger partial charge on any atom is 0.219 e. The number of piperidine rings is 1. The summed E-state index contributed by atoms with van der Waals surface area (Å²) in [5.74, 6) is 0.901. The molecule has 1 saturated heterocycles. The highest BCUT2D eigenvalue weighted by molar-refractivity contribution is 5.73. The Labute approximate surface area is 132 Å². The molecule has 1 aromatic rings. The second kappa shape index (κ2) is 8.15. The van der Waals surface area contributed by atoms with E-state index in [-0.39, 0.29) is 5.91 Å². The molecule has 1 heterocycles. The van der Waals surface area contributed by atoms with Gasteiger partial charge in [0.2, 0.25) is 5.91 Å². The van der Waals surface area contributed by atoms with Crippen LogP contribution in [-0.2, 0) is 4.79 Å². The second-order valence-electron chi connectivity index (χ2n) is 5.94. The smallest absolute Gasteiger partial charge is 0.219 e. The molecule has 22 heavy (non-hydrogen) atoms. The second-order valence-corrected chi connectivity index (χ2v) is 5.94. The normalized spacial score (nSPS) is 18.0.